The number of cyclic esters (lactones) is 1. The van der Waals surface area contributed by atoms with Crippen LogP contribution >= 0.6 is 0 Å². The standard InChI is InChI=1S/C20H20O6/c1-13-10-18(20(22)25-13)26-19(21)15-8-9-16(17(11-15)23-2)24-12-14-6-4-3-5-7-14/h3-9,11,13,18H,10,12H2,1-2H3. The zero-order chi connectivity index (χ0) is 18.5. The van der Waals surface area contributed by atoms with Crippen molar-refractivity contribution in [2.75, 3.05) is 7.11 Å². The van der Waals surface area contributed by atoms with Crippen LogP contribution in [0, 0.1) is 0 Å². The molecule has 1 heterocycles. The van der Waals surface area contributed by atoms with E-state index in [2.05, 4.69) is 0 Å². The van der Waals surface area contributed by atoms with E-state index < -0.39 is 18.0 Å². The minimum atomic E-state index is -0.863. The molecule has 0 aliphatic carbocycles. The zero-order valence-corrected chi connectivity index (χ0v) is 14.6. The molecule has 1 aliphatic heterocycles. The molecule has 0 radical (unpaired) electrons. The van der Waals surface area contributed by atoms with Gasteiger partial charge < -0.3 is 18.9 Å². The van der Waals surface area contributed by atoms with E-state index in [1.807, 2.05) is 30.3 Å². The molecule has 2 aromatic rings. The van der Waals surface area contributed by atoms with Gasteiger partial charge >= 0.3 is 11.9 Å². The van der Waals surface area contributed by atoms with Gasteiger partial charge in [-0.15, -0.1) is 0 Å². The lowest BCUT2D eigenvalue weighted by molar-refractivity contribution is -0.147. The number of rotatable bonds is 6. The summed E-state index contributed by atoms with van der Waals surface area (Å²) in [6.45, 7) is 2.14. The number of benzene rings is 2. The summed E-state index contributed by atoms with van der Waals surface area (Å²) in [5.41, 5.74) is 1.30. The SMILES string of the molecule is COc1cc(C(=O)OC2CC(C)OC2=O)ccc1OCc1ccccc1. The van der Waals surface area contributed by atoms with Crippen LogP contribution in [-0.4, -0.2) is 31.3 Å². The Labute approximate surface area is 151 Å². The van der Waals surface area contributed by atoms with Gasteiger partial charge in [-0.3, -0.25) is 0 Å². The zero-order valence-electron chi connectivity index (χ0n) is 14.6. The number of methoxy groups -OCH3 is 1. The van der Waals surface area contributed by atoms with Gasteiger partial charge in [-0.1, -0.05) is 30.3 Å². The highest BCUT2D eigenvalue weighted by Gasteiger charge is 2.35. The minimum Gasteiger partial charge on any atom is -0.493 e. The summed E-state index contributed by atoms with van der Waals surface area (Å²) in [6, 6.07) is 14.5. The fourth-order valence-electron chi connectivity index (χ4n) is 2.66. The number of hydrogen-bond donors (Lipinski definition) is 0. The van der Waals surface area contributed by atoms with E-state index in [0.717, 1.165) is 5.56 Å². The topological polar surface area (TPSA) is 71.1 Å². The monoisotopic (exact) mass is 356 g/mol. The molecule has 136 valence electrons. The first-order chi connectivity index (χ1) is 12.6. The van der Waals surface area contributed by atoms with Crippen molar-refractivity contribution >= 4 is 11.9 Å². The summed E-state index contributed by atoms with van der Waals surface area (Å²) in [5.74, 6) is -0.186. The van der Waals surface area contributed by atoms with Crippen LogP contribution in [0.1, 0.15) is 29.3 Å². The predicted molar refractivity (Wildman–Crippen MR) is 93.1 cm³/mol. The third-order valence-corrected chi connectivity index (χ3v) is 4.01. The first kappa shape index (κ1) is 17.8. The highest BCUT2D eigenvalue weighted by Crippen LogP contribution is 2.29. The van der Waals surface area contributed by atoms with E-state index in [-0.39, 0.29) is 11.7 Å². The second kappa shape index (κ2) is 7.91. The van der Waals surface area contributed by atoms with Gasteiger partial charge in [0.05, 0.1) is 12.7 Å². The maximum Gasteiger partial charge on any atom is 0.347 e. The van der Waals surface area contributed by atoms with Gasteiger partial charge in [-0.2, -0.15) is 0 Å². The number of esters is 2. The van der Waals surface area contributed by atoms with Crippen LogP contribution in [-0.2, 0) is 20.9 Å². The Hall–Kier alpha value is -3.02. The van der Waals surface area contributed by atoms with Gasteiger partial charge in [0.25, 0.3) is 0 Å². The highest BCUT2D eigenvalue weighted by atomic mass is 16.6. The van der Waals surface area contributed by atoms with Crippen molar-refractivity contribution in [2.45, 2.75) is 32.2 Å². The largest absolute Gasteiger partial charge is 0.493 e. The Bertz CT molecular complexity index is 786. The second-order valence-electron chi connectivity index (χ2n) is 6.02. The number of carbonyl (C=O) groups is 2. The van der Waals surface area contributed by atoms with Crippen molar-refractivity contribution < 1.29 is 28.5 Å². The smallest absolute Gasteiger partial charge is 0.347 e. The molecular weight excluding hydrogens is 336 g/mol. The maximum atomic E-state index is 12.3. The van der Waals surface area contributed by atoms with Crippen LogP contribution in [0.2, 0.25) is 0 Å². The molecule has 0 amide bonds. The number of hydrogen-bond acceptors (Lipinski definition) is 6. The molecule has 0 aromatic heterocycles. The molecule has 0 N–H and O–H groups in total. The lowest BCUT2D eigenvalue weighted by atomic mass is 10.2. The van der Waals surface area contributed by atoms with Crippen LogP contribution in [0.4, 0.5) is 0 Å². The van der Waals surface area contributed by atoms with E-state index in [4.69, 9.17) is 18.9 Å². The lowest BCUT2D eigenvalue weighted by Gasteiger charge is -2.13. The maximum absolute atomic E-state index is 12.3. The predicted octanol–water partition coefficient (Wildman–Crippen LogP) is 3.14. The summed E-state index contributed by atoms with van der Waals surface area (Å²) in [6.07, 6.45) is -0.749. The van der Waals surface area contributed by atoms with Gasteiger partial charge in [-0.25, -0.2) is 9.59 Å². The summed E-state index contributed by atoms with van der Waals surface area (Å²) in [7, 11) is 1.50. The van der Waals surface area contributed by atoms with Gasteiger partial charge in [0.15, 0.2) is 11.5 Å². The van der Waals surface area contributed by atoms with Crippen molar-refractivity contribution in [1.82, 2.24) is 0 Å². The summed E-state index contributed by atoms with van der Waals surface area (Å²) >= 11 is 0. The van der Waals surface area contributed by atoms with E-state index in [0.29, 0.717) is 24.5 Å². The molecule has 0 spiro atoms. The van der Waals surface area contributed by atoms with Crippen molar-refractivity contribution in [3.63, 3.8) is 0 Å². The molecule has 1 aliphatic rings. The summed E-state index contributed by atoms with van der Waals surface area (Å²) < 4.78 is 21.3. The van der Waals surface area contributed by atoms with E-state index in [1.165, 1.54) is 13.2 Å². The molecule has 1 fully saturated rings. The second-order valence-corrected chi connectivity index (χ2v) is 6.02. The Balaban J connectivity index is 1.67. The van der Waals surface area contributed by atoms with Crippen molar-refractivity contribution in [1.29, 1.82) is 0 Å². The molecule has 6 heteroatoms. The molecule has 0 bridgehead atoms. The molecule has 2 atom stereocenters. The van der Waals surface area contributed by atoms with Crippen LogP contribution in [0.3, 0.4) is 0 Å². The van der Waals surface area contributed by atoms with Crippen molar-refractivity contribution in [2.24, 2.45) is 0 Å². The number of ether oxygens (including phenoxy) is 4. The average Bonchev–Trinajstić information content (AvgIpc) is 2.97. The van der Waals surface area contributed by atoms with E-state index >= 15 is 0 Å². The van der Waals surface area contributed by atoms with Gasteiger partial charge in [-0.05, 0) is 30.7 Å². The molecular formula is C20H20O6. The third-order valence-electron chi connectivity index (χ3n) is 4.01. The Morgan fingerprint density at radius 1 is 1.15 bits per heavy atom. The highest BCUT2D eigenvalue weighted by molar-refractivity contribution is 5.92. The molecule has 2 unspecified atom stereocenters. The Morgan fingerprint density at radius 2 is 1.92 bits per heavy atom. The molecule has 1 saturated heterocycles. The van der Waals surface area contributed by atoms with Crippen molar-refractivity contribution in [3.8, 4) is 11.5 Å². The Morgan fingerprint density at radius 3 is 2.58 bits per heavy atom. The molecule has 0 saturated carbocycles. The molecule has 3 rings (SSSR count). The van der Waals surface area contributed by atoms with Gasteiger partial charge in [0, 0.05) is 6.42 Å². The first-order valence-corrected chi connectivity index (χ1v) is 8.33. The first-order valence-electron chi connectivity index (χ1n) is 8.33. The van der Waals surface area contributed by atoms with Crippen LogP contribution in [0.25, 0.3) is 0 Å². The average molecular weight is 356 g/mol. The fourth-order valence-corrected chi connectivity index (χ4v) is 2.66. The fraction of sp³-hybridized carbons (Fsp3) is 0.300. The van der Waals surface area contributed by atoms with Crippen LogP contribution < -0.4 is 9.47 Å². The quantitative estimate of drug-likeness (QED) is 0.741. The van der Waals surface area contributed by atoms with Gasteiger partial charge in [0.2, 0.25) is 6.10 Å². The molecule has 26 heavy (non-hydrogen) atoms. The number of carbonyl (C=O) groups excluding carboxylic acids is 2. The summed E-state index contributed by atoms with van der Waals surface area (Å²) in [5, 5.41) is 0. The molecule has 2 aromatic carbocycles. The third kappa shape index (κ3) is 4.14. The summed E-state index contributed by atoms with van der Waals surface area (Å²) in [4.78, 5) is 23.9. The molecule has 6 nitrogen and oxygen atoms in total. The van der Waals surface area contributed by atoms with Crippen LogP contribution in [0.5, 0.6) is 11.5 Å². The lowest BCUT2D eigenvalue weighted by Crippen LogP contribution is -2.22. The van der Waals surface area contributed by atoms with E-state index in [1.54, 1.807) is 19.1 Å². The van der Waals surface area contributed by atoms with Crippen molar-refractivity contribution in [3.05, 3.63) is 59.7 Å². The van der Waals surface area contributed by atoms with Crippen LogP contribution in [0.15, 0.2) is 48.5 Å². The minimum absolute atomic E-state index is 0.247. The normalized spacial score (nSPS) is 18.9. The van der Waals surface area contributed by atoms with Gasteiger partial charge in [0.1, 0.15) is 12.7 Å². The van der Waals surface area contributed by atoms with E-state index in [9.17, 15) is 9.59 Å². The Kier molecular flexibility index (Phi) is 5.41.